The lowest BCUT2D eigenvalue weighted by Gasteiger charge is -2.43. The summed E-state index contributed by atoms with van der Waals surface area (Å²) in [5.74, 6) is 0. The Hall–Kier alpha value is -1.28. The van der Waals surface area contributed by atoms with Crippen LogP contribution in [0.3, 0.4) is 0 Å². The minimum Gasteiger partial charge on any atom is -0.395 e. The molecule has 2 heteroatoms. The lowest BCUT2D eigenvalue weighted by atomic mass is 9.89. The first-order valence-corrected chi connectivity index (χ1v) is 5.73. The first kappa shape index (κ1) is 11.2. The molecular weight excluding hydrogens is 198 g/mol. The molecule has 1 aromatic carbocycles. The highest BCUT2D eigenvalue weighted by atomic mass is 16.3. The summed E-state index contributed by atoms with van der Waals surface area (Å²) in [6.07, 6.45) is 2.27. The first-order chi connectivity index (χ1) is 7.56. The molecule has 1 aliphatic rings. The molecule has 0 radical (unpaired) electrons. The van der Waals surface area contributed by atoms with Crippen LogP contribution in [0.15, 0.2) is 30.3 Å². The summed E-state index contributed by atoms with van der Waals surface area (Å²) < 4.78 is 0. The Morgan fingerprint density at radius 2 is 1.94 bits per heavy atom. The Morgan fingerprint density at radius 1 is 1.25 bits per heavy atom. The van der Waals surface area contributed by atoms with Crippen LogP contribution in [0, 0.1) is 0 Å². The van der Waals surface area contributed by atoms with Crippen molar-refractivity contribution >= 4 is 11.3 Å². The number of hydrogen-bond acceptors (Lipinski definition) is 2. The summed E-state index contributed by atoms with van der Waals surface area (Å²) in [6.45, 7) is 7.37. The Balaban J connectivity index is 2.53. The predicted octanol–water partition coefficient (Wildman–Crippen LogP) is 2.68. The van der Waals surface area contributed by atoms with E-state index in [-0.39, 0.29) is 12.1 Å². The summed E-state index contributed by atoms with van der Waals surface area (Å²) in [6, 6.07) is 8.38. The van der Waals surface area contributed by atoms with Crippen molar-refractivity contribution in [3.05, 3.63) is 35.9 Å². The minimum atomic E-state index is -0.0266. The Bertz CT molecular complexity index is 420. The maximum atomic E-state index is 9.18. The van der Waals surface area contributed by atoms with E-state index in [1.165, 1.54) is 16.8 Å². The summed E-state index contributed by atoms with van der Waals surface area (Å²) in [7, 11) is 0. The van der Waals surface area contributed by atoms with Gasteiger partial charge in [0.05, 0.1) is 12.1 Å². The molecule has 1 heterocycles. The smallest absolute Gasteiger partial charge is 0.0606 e. The van der Waals surface area contributed by atoms with Gasteiger partial charge in [0, 0.05) is 17.8 Å². The number of anilines is 1. The van der Waals surface area contributed by atoms with E-state index < -0.39 is 0 Å². The number of allylic oxidation sites excluding steroid dienone is 1. The molecule has 0 saturated heterocycles. The zero-order valence-electron chi connectivity index (χ0n) is 10.2. The number of aliphatic hydroxyl groups excluding tert-OH is 1. The summed E-state index contributed by atoms with van der Waals surface area (Å²) in [5, 5.41) is 9.18. The zero-order valence-corrected chi connectivity index (χ0v) is 10.2. The number of aliphatic hydroxyl groups is 1. The molecule has 0 fully saturated rings. The molecule has 1 N–H and O–H groups in total. The van der Waals surface area contributed by atoms with Gasteiger partial charge in [-0.25, -0.2) is 0 Å². The fourth-order valence-corrected chi connectivity index (χ4v) is 2.55. The van der Waals surface area contributed by atoms with Gasteiger partial charge in [-0.15, -0.1) is 0 Å². The van der Waals surface area contributed by atoms with Crippen molar-refractivity contribution in [3.8, 4) is 0 Å². The third-order valence-electron chi connectivity index (χ3n) is 3.21. The molecule has 1 aromatic rings. The highest BCUT2D eigenvalue weighted by Gasteiger charge is 2.30. The fraction of sp³-hybridized carbons (Fsp3) is 0.429. The lowest BCUT2D eigenvalue weighted by Crippen LogP contribution is -2.46. The molecule has 2 rings (SSSR count). The largest absolute Gasteiger partial charge is 0.395 e. The van der Waals surface area contributed by atoms with E-state index in [0.29, 0.717) is 6.54 Å². The van der Waals surface area contributed by atoms with Gasteiger partial charge in [-0.2, -0.15) is 0 Å². The quantitative estimate of drug-likeness (QED) is 0.823. The molecule has 86 valence electrons. The van der Waals surface area contributed by atoms with Crippen LogP contribution >= 0.6 is 0 Å². The van der Waals surface area contributed by atoms with Gasteiger partial charge in [-0.1, -0.05) is 24.3 Å². The molecular formula is C14H19NO. The van der Waals surface area contributed by atoms with Crippen LogP contribution in [0.4, 0.5) is 5.69 Å². The maximum Gasteiger partial charge on any atom is 0.0606 e. The predicted molar refractivity (Wildman–Crippen MR) is 68.6 cm³/mol. The van der Waals surface area contributed by atoms with Crippen molar-refractivity contribution in [2.45, 2.75) is 26.3 Å². The average Bonchev–Trinajstić information content (AvgIpc) is 2.23. The van der Waals surface area contributed by atoms with Crippen molar-refractivity contribution in [1.29, 1.82) is 0 Å². The minimum absolute atomic E-state index is 0.0266. The second-order valence-electron chi connectivity index (χ2n) is 4.87. The van der Waals surface area contributed by atoms with Gasteiger partial charge in [-0.05, 0) is 32.4 Å². The van der Waals surface area contributed by atoms with E-state index in [2.05, 4.69) is 56.0 Å². The summed E-state index contributed by atoms with van der Waals surface area (Å²) in [5.41, 5.74) is 3.79. The summed E-state index contributed by atoms with van der Waals surface area (Å²) >= 11 is 0. The first-order valence-electron chi connectivity index (χ1n) is 5.73. The number of rotatable bonds is 2. The average molecular weight is 217 g/mol. The van der Waals surface area contributed by atoms with Crippen molar-refractivity contribution in [1.82, 2.24) is 0 Å². The van der Waals surface area contributed by atoms with Crippen LogP contribution < -0.4 is 4.90 Å². The standard InChI is InChI=1S/C14H19NO/c1-11-10-14(2,3)15(8-9-16)13-7-5-4-6-12(11)13/h4-7,10,16H,8-9H2,1-3H3. The number of β-amino-alcohol motifs (C(OH)–C–C–N with tert-alkyl or cyclic N) is 1. The fourth-order valence-electron chi connectivity index (χ4n) is 2.55. The van der Waals surface area contributed by atoms with Gasteiger partial charge in [0.2, 0.25) is 0 Å². The van der Waals surface area contributed by atoms with Gasteiger partial charge in [-0.3, -0.25) is 0 Å². The summed E-state index contributed by atoms with van der Waals surface area (Å²) in [4.78, 5) is 2.26. The number of benzene rings is 1. The van der Waals surface area contributed by atoms with E-state index in [4.69, 9.17) is 0 Å². The molecule has 16 heavy (non-hydrogen) atoms. The Morgan fingerprint density at radius 3 is 2.62 bits per heavy atom. The van der Waals surface area contributed by atoms with Crippen molar-refractivity contribution in [2.24, 2.45) is 0 Å². The molecule has 0 saturated carbocycles. The lowest BCUT2D eigenvalue weighted by molar-refractivity contribution is 0.293. The van der Waals surface area contributed by atoms with E-state index in [0.717, 1.165) is 0 Å². The van der Waals surface area contributed by atoms with Crippen LogP contribution in [0.2, 0.25) is 0 Å². The second kappa shape index (κ2) is 3.95. The molecule has 0 aromatic heterocycles. The van der Waals surface area contributed by atoms with E-state index in [1.807, 2.05) is 0 Å². The monoisotopic (exact) mass is 217 g/mol. The number of nitrogens with zero attached hydrogens (tertiary/aromatic N) is 1. The van der Waals surface area contributed by atoms with Crippen LogP contribution in [0.5, 0.6) is 0 Å². The van der Waals surface area contributed by atoms with Gasteiger partial charge < -0.3 is 10.0 Å². The zero-order chi connectivity index (χ0) is 11.8. The van der Waals surface area contributed by atoms with Crippen LogP contribution in [-0.4, -0.2) is 23.8 Å². The molecule has 2 nitrogen and oxygen atoms in total. The highest BCUT2D eigenvalue weighted by molar-refractivity contribution is 5.80. The van der Waals surface area contributed by atoms with Crippen LogP contribution in [-0.2, 0) is 0 Å². The molecule has 0 amide bonds. The topological polar surface area (TPSA) is 23.5 Å². The van der Waals surface area contributed by atoms with Gasteiger partial charge in [0.15, 0.2) is 0 Å². The van der Waals surface area contributed by atoms with Crippen molar-refractivity contribution < 1.29 is 5.11 Å². The van der Waals surface area contributed by atoms with Gasteiger partial charge in [0.1, 0.15) is 0 Å². The SMILES string of the molecule is CC1=CC(C)(C)N(CCO)c2ccccc21. The van der Waals surface area contributed by atoms with Gasteiger partial charge in [0.25, 0.3) is 0 Å². The highest BCUT2D eigenvalue weighted by Crippen LogP contribution is 2.38. The molecule has 0 aliphatic carbocycles. The third-order valence-corrected chi connectivity index (χ3v) is 3.21. The molecule has 1 aliphatic heterocycles. The van der Waals surface area contributed by atoms with Crippen LogP contribution in [0.1, 0.15) is 26.3 Å². The molecule has 0 atom stereocenters. The maximum absolute atomic E-state index is 9.18. The molecule has 0 unspecified atom stereocenters. The van der Waals surface area contributed by atoms with Crippen LogP contribution in [0.25, 0.3) is 5.57 Å². The molecule has 0 spiro atoms. The van der Waals surface area contributed by atoms with Crippen molar-refractivity contribution in [3.63, 3.8) is 0 Å². The van der Waals surface area contributed by atoms with E-state index in [1.54, 1.807) is 0 Å². The number of fused-ring (bicyclic) bond motifs is 1. The second-order valence-corrected chi connectivity index (χ2v) is 4.87. The van der Waals surface area contributed by atoms with E-state index in [9.17, 15) is 5.11 Å². The van der Waals surface area contributed by atoms with Crippen molar-refractivity contribution in [2.75, 3.05) is 18.1 Å². The Labute approximate surface area is 97.2 Å². The van der Waals surface area contributed by atoms with Gasteiger partial charge >= 0.3 is 0 Å². The Kier molecular flexibility index (Phi) is 2.76. The number of hydrogen-bond donors (Lipinski definition) is 1. The third kappa shape index (κ3) is 1.74. The number of para-hydroxylation sites is 1. The normalized spacial score (nSPS) is 18.0. The van der Waals surface area contributed by atoms with E-state index >= 15 is 0 Å². The molecule has 0 bridgehead atoms.